The van der Waals surface area contributed by atoms with E-state index in [1.165, 1.54) is 10.6 Å². The van der Waals surface area contributed by atoms with Crippen molar-refractivity contribution in [3.05, 3.63) is 34.3 Å². The third kappa shape index (κ3) is 5.48. The van der Waals surface area contributed by atoms with Crippen molar-refractivity contribution in [2.75, 3.05) is 26.0 Å². The topological polar surface area (TPSA) is 46.6 Å². The Morgan fingerprint density at radius 1 is 1.39 bits per heavy atom. The average molecular weight is 336 g/mol. The van der Waals surface area contributed by atoms with E-state index in [9.17, 15) is 8.42 Å². The molecule has 0 spiro atoms. The molecule has 0 saturated carbocycles. The Balaban J connectivity index is 2.73. The van der Waals surface area contributed by atoms with Gasteiger partial charge in [-0.3, -0.25) is 0 Å². The summed E-state index contributed by atoms with van der Waals surface area (Å²) < 4.78 is 30.9. The summed E-state index contributed by atoms with van der Waals surface area (Å²) in [6, 6.07) is 7.62. The fourth-order valence-corrected chi connectivity index (χ4v) is 2.75. The Morgan fingerprint density at radius 3 is 2.67 bits per heavy atom. The van der Waals surface area contributed by atoms with Gasteiger partial charge < -0.3 is 4.74 Å². The number of nitrogens with zero attached hydrogens (tertiary/aromatic N) is 1. The van der Waals surface area contributed by atoms with Gasteiger partial charge in [0.1, 0.15) is 0 Å². The Kier molecular flexibility index (Phi) is 6.28. The molecule has 102 valence electrons. The molecule has 0 bridgehead atoms. The number of sulfonamides is 1. The largest absolute Gasteiger partial charge is 0.380 e. The molecule has 1 aromatic rings. The Bertz CT molecular complexity index is 476. The second-order valence-corrected chi connectivity index (χ2v) is 6.82. The van der Waals surface area contributed by atoms with Crippen LogP contribution in [-0.2, 0) is 21.3 Å². The van der Waals surface area contributed by atoms with E-state index in [0.29, 0.717) is 26.3 Å². The number of hydrogen-bond donors (Lipinski definition) is 0. The van der Waals surface area contributed by atoms with Crippen molar-refractivity contribution in [3.63, 3.8) is 0 Å². The van der Waals surface area contributed by atoms with E-state index in [2.05, 4.69) is 15.9 Å². The van der Waals surface area contributed by atoms with Gasteiger partial charge in [-0.2, -0.15) is 4.31 Å². The van der Waals surface area contributed by atoms with E-state index in [-0.39, 0.29) is 0 Å². The predicted molar refractivity (Wildman–Crippen MR) is 75.9 cm³/mol. The Labute approximate surface area is 117 Å². The van der Waals surface area contributed by atoms with Crippen molar-refractivity contribution >= 4 is 26.0 Å². The predicted octanol–water partition coefficient (Wildman–Crippen LogP) is 2.25. The zero-order valence-electron chi connectivity index (χ0n) is 10.6. The SMILES string of the molecule is CCOCCN(Cc1cccc(Br)c1)S(C)(=O)=O. The molecule has 6 heteroatoms. The minimum atomic E-state index is -3.22. The van der Waals surface area contributed by atoms with E-state index in [0.717, 1.165) is 10.0 Å². The molecule has 0 amide bonds. The van der Waals surface area contributed by atoms with Gasteiger partial charge >= 0.3 is 0 Å². The van der Waals surface area contributed by atoms with E-state index < -0.39 is 10.0 Å². The highest BCUT2D eigenvalue weighted by atomic mass is 79.9. The highest BCUT2D eigenvalue weighted by Gasteiger charge is 2.16. The second-order valence-electron chi connectivity index (χ2n) is 3.92. The zero-order valence-corrected chi connectivity index (χ0v) is 13.0. The van der Waals surface area contributed by atoms with Gasteiger partial charge in [0.05, 0.1) is 12.9 Å². The Hall–Kier alpha value is -0.430. The highest BCUT2D eigenvalue weighted by Crippen LogP contribution is 2.14. The van der Waals surface area contributed by atoms with Crippen LogP contribution in [0, 0.1) is 0 Å². The summed E-state index contributed by atoms with van der Waals surface area (Å²) in [7, 11) is -3.22. The van der Waals surface area contributed by atoms with E-state index in [1.807, 2.05) is 31.2 Å². The summed E-state index contributed by atoms with van der Waals surface area (Å²) in [4.78, 5) is 0. The number of ether oxygens (including phenoxy) is 1. The lowest BCUT2D eigenvalue weighted by molar-refractivity contribution is 0.133. The number of benzene rings is 1. The maximum Gasteiger partial charge on any atom is 0.211 e. The molecule has 0 N–H and O–H groups in total. The minimum absolute atomic E-state index is 0.366. The van der Waals surface area contributed by atoms with Gasteiger partial charge in [-0.05, 0) is 24.6 Å². The third-order valence-electron chi connectivity index (χ3n) is 2.41. The molecule has 0 saturated heterocycles. The Morgan fingerprint density at radius 2 is 2.11 bits per heavy atom. The summed E-state index contributed by atoms with van der Waals surface area (Å²) in [5.41, 5.74) is 0.950. The van der Waals surface area contributed by atoms with Crippen LogP contribution in [-0.4, -0.2) is 38.7 Å². The van der Waals surface area contributed by atoms with Crippen LogP contribution >= 0.6 is 15.9 Å². The molecule has 4 nitrogen and oxygen atoms in total. The minimum Gasteiger partial charge on any atom is -0.380 e. The van der Waals surface area contributed by atoms with Gasteiger partial charge in [0.25, 0.3) is 0 Å². The molecule has 0 atom stereocenters. The first-order chi connectivity index (χ1) is 8.43. The molecule has 18 heavy (non-hydrogen) atoms. The molecule has 1 rings (SSSR count). The molecule has 0 fully saturated rings. The first kappa shape index (κ1) is 15.6. The molecule has 0 heterocycles. The standard InChI is InChI=1S/C12H18BrNO3S/c1-3-17-8-7-14(18(2,15)16)10-11-5-4-6-12(13)9-11/h4-6,9H,3,7-8,10H2,1-2H3. The van der Waals surface area contributed by atoms with Gasteiger partial charge in [-0.25, -0.2) is 8.42 Å². The fourth-order valence-electron chi connectivity index (χ4n) is 1.51. The molecule has 0 aromatic heterocycles. The van der Waals surface area contributed by atoms with Crippen molar-refractivity contribution < 1.29 is 13.2 Å². The van der Waals surface area contributed by atoms with Gasteiger partial charge in [0.15, 0.2) is 0 Å². The van der Waals surface area contributed by atoms with Crippen molar-refractivity contribution in [3.8, 4) is 0 Å². The number of halogens is 1. The number of rotatable bonds is 7. The summed E-state index contributed by atoms with van der Waals surface area (Å²) in [6.07, 6.45) is 1.22. The zero-order chi connectivity index (χ0) is 13.6. The van der Waals surface area contributed by atoms with Crippen molar-refractivity contribution in [2.45, 2.75) is 13.5 Å². The van der Waals surface area contributed by atoms with Gasteiger partial charge in [0.2, 0.25) is 10.0 Å². The average Bonchev–Trinajstić information content (AvgIpc) is 2.27. The van der Waals surface area contributed by atoms with E-state index >= 15 is 0 Å². The maximum atomic E-state index is 11.7. The number of hydrogen-bond acceptors (Lipinski definition) is 3. The maximum absolute atomic E-state index is 11.7. The summed E-state index contributed by atoms with van der Waals surface area (Å²) >= 11 is 3.37. The first-order valence-corrected chi connectivity index (χ1v) is 8.35. The summed E-state index contributed by atoms with van der Waals surface area (Å²) in [5.74, 6) is 0. The smallest absolute Gasteiger partial charge is 0.211 e. The molecule has 1 aromatic carbocycles. The molecule has 0 radical (unpaired) electrons. The van der Waals surface area contributed by atoms with Crippen LogP contribution in [0.3, 0.4) is 0 Å². The summed E-state index contributed by atoms with van der Waals surface area (Å²) in [6.45, 7) is 3.63. The monoisotopic (exact) mass is 335 g/mol. The molecule has 0 unspecified atom stereocenters. The second kappa shape index (κ2) is 7.23. The molecule has 0 aliphatic heterocycles. The normalized spacial score (nSPS) is 12.0. The van der Waals surface area contributed by atoms with Crippen LogP contribution in [0.1, 0.15) is 12.5 Å². The first-order valence-electron chi connectivity index (χ1n) is 5.70. The van der Waals surface area contributed by atoms with Crippen LogP contribution < -0.4 is 0 Å². The summed E-state index contributed by atoms with van der Waals surface area (Å²) in [5, 5.41) is 0. The van der Waals surface area contributed by atoms with Crippen molar-refractivity contribution in [1.29, 1.82) is 0 Å². The van der Waals surface area contributed by atoms with Gasteiger partial charge in [-0.15, -0.1) is 0 Å². The van der Waals surface area contributed by atoms with Crippen molar-refractivity contribution in [1.82, 2.24) is 4.31 Å². The highest BCUT2D eigenvalue weighted by molar-refractivity contribution is 9.10. The molecular formula is C12H18BrNO3S. The van der Waals surface area contributed by atoms with Gasteiger partial charge in [0, 0.05) is 24.2 Å². The van der Waals surface area contributed by atoms with Crippen LogP contribution in [0.25, 0.3) is 0 Å². The van der Waals surface area contributed by atoms with Crippen LogP contribution in [0.4, 0.5) is 0 Å². The fraction of sp³-hybridized carbons (Fsp3) is 0.500. The van der Waals surface area contributed by atoms with E-state index in [4.69, 9.17) is 4.74 Å². The van der Waals surface area contributed by atoms with Crippen molar-refractivity contribution in [2.24, 2.45) is 0 Å². The quantitative estimate of drug-likeness (QED) is 0.718. The van der Waals surface area contributed by atoms with Crippen LogP contribution in [0.15, 0.2) is 28.7 Å². The third-order valence-corrected chi connectivity index (χ3v) is 4.15. The van der Waals surface area contributed by atoms with Gasteiger partial charge in [-0.1, -0.05) is 28.1 Å². The lowest BCUT2D eigenvalue weighted by Gasteiger charge is -2.20. The lowest BCUT2D eigenvalue weighted by atomic mass is 10.2. The molecule has 0 aliphatic carbocycles. The van der Waals surface area contributed by atoms with Crippen LogP contribution in [0.2, 0.25) is 0 Å². The lowest BCUT2D eigenvalue weighted by Crippen LogP contribution is -2.32. The van der Waals surface area contributed by atoms with E-state index in [1.54, 1.807) is 0 Å². The molecule has 0 aliphatic rings. The molecular weight excluding hydrogens is 318 g/mol. The van der Waals surface area contributed by atoms with Crippen LogP contribution in [0.5, 0.6) is 0 Å².